The van der Waals surface area contributed by atoms with Gasteiger partial charge in [-0.15, -0.1) is 0 Å². The standard InChI is InChI=1S/C12H14N4O2/c13-7-10-11(15-5-4-14-10)16-9-3-1-2-8(6-9)12(17)18/h4-5,8-9H,1-3,6H2,(H,15,16)(H,17,18). The van der Waals surface area contributed by atoms with E-state index >= 15 is 0 Å². The summed E-state index contributed by atoms with van der Waals surface area (Å²) in [7, 11) is 0. The Hall–Kier alpha value is -2.16. The van der Waals surface area contributed by atoms with E-state index in [0.717, 1.165) is 19.3 Å². The molecule has 0 amide bonds. The van der Waals surface area contributed by atoms with Gasteiger partial charge in [0.05, 0.1) is 5.92 Å². The molecule has 0 spiro atoms. The number of hydrogen-bond acceptors (Lipinski definition) is 5. The topological polar surface area (TPSA) is 98.9 Å². The van der Waals surface area contributed by atoms with Gasteiger partial charge in [-0.3, -0.25) is 4.79 Å². The molecular weight excluding hydrogens is 232 g/mol. The van der Waals surface area contributed by atoms with Gasteiger partial charge in [0, 0.05) is 18.4 Å². The van der Waals surface area contributed by atoms with Crippen molar-refractivity contribution in [3.05, 3.63) is 18.1 Å². The van der Waals surface area contributed by atoms with Crippen LogP contribution in [0.1, 0.15) is 31.4 Å². The predicted octanol–water partition coefficient (Wildman–Crippen LogP) is 1.40. The van der Waals surface area contributed by atoms with Gasteiger partial charge in [0.1, 0.15) is 6.07 Å². The van der Waals surface area contributed by atoms with Crippen molar-refractivity contribution < 1.29 is 9.90 Å². The third-order valence-corrected chi connectivity index (χ3v) is 3.17. The largest absolute Gasteiger partial charge is 0.481 e. The zero-order valence-corrected chi connectivity index (χ0v) is 9.83. The zero-order valence-electron chi connectivity index (χ0n) is 9.83. The Morgan fingerprint density at radius 1 is 1.44 bits per heavy atom. The molecule has 1 aromatic heterocycles. The van der Waals surface area contributed by atoms with Crippen LogP contribution in [0.15, 0.2) is 12.4 Å². The van der Waals surface area contributed by atoms with Crippen LogP contribution in [-0.4, -0.2) is 27.1 Å². The Labute approximate surface area is 105 Å². The first-order valence-electron chi connectivity index (χ1n) is 5.91. The SMILES string of the molecule is N#Cc1nccnc1NC1CCCC(C(=O)O)C1. The quantitative estimate of drug-likeness (QED) is 0.836. The second-order valence-corrected chi connectivity index (χ2v) is 4.41. The van der Waals surface area contributed by atoms with Crippen LogP contribution in [0.2, 0.25) is 0 Å². The highest BCUT2D eigenvalue weighted by Gasteiger charge is 2.27. The summed E-state index contributed by atoms with van der Waals surface area (Å²) in [6, 6.07) is 2.01. The summed E-state index contributed by atoms with van der Waals surface area (Å²) < 4.78 is 0. The van der Waals surface area contributed by atoms with E-state index in [0.29, 0.717) is 12.2 Å². The van der Waals surface area contributed by atoms with Crippen molar-refractivity contribution in [1.82, 2.24) is 9.97 Å². The molecule has 1 heterocycles. The lowest BCUT2D eigenvalue weighted by Gasteiger charge is -2.27. The van der Waals surface area contributed by atoms with Crippen LogP contribution in [-0.2, 0) is 4.79 Å². The fraction of sp³-hybridized carbons (Fsp3) is 0.500. The molecule has 0 aromatic carbocycles. The van der Waals surface area contributed by atoms with E-state index in [-0.39, 0.29) is 17.7 Å². The minimum atomic E-state index is -0.749. The second-order valence-electron chi connectivity index (χ2n) is 4.41. The molecule has 1 aliphatic carbocycles. The van der Waals surface area contributed by atoms with Crippen molar-refractivity contribution in [2.45, 2.75) is 31.7 Å². The lowest BCUT2D eigenvalue weighted by atomic mass is 9.86. The number of anilines is 1. The normalized spacial score (nSPS) is 23.1. The average Bonchev–Trinajstić information content (AvgIpc) is 2.39. The van der Waals surface area contributed by atoms with Gasteiger partial charge in [-0.1, -0.05) is 6.42 Å². The van der Waals surface area contributed by atoms with Gasteiger partial charge in [0.25, 0.3) is 0 Å². The van der Waals surface area contributed by atoms with E-state index in [2.05, 4.69) is 15.3 Å². The van der Waals surface area contributed by atoms with Gasteiger partial charge in [-0.25, -0.2) is 9.97 Å². The zero-order chi connectivity index (χ0) is 13.0. The minimum Gasteiger partial charge on any atom is -0.481 e. The summed E-state index contributed by atoms with van der Waals surface area (Å²) >= 11 is 0. The summed E-state index contributed by atoms with van der Waals surface area (Å²) in [6.07, 6.45) is 6.03. The average molecular weight is 246 g/mol. The number of nitriles is 1. The van der Waals surface area contributed by atoms with Crippen LogP contribution < -0.4 is 5.32 Å². The highest BCUT2D eigenvalue weighted by molar-refractivity contribution is 5.70. The van der Waals surface area contributed by atoms with Crippen molar-refractivity contribution in [2.75, 3.05) is 5.32 Å². The number of aliphatic carboxylic acids is 1. The summed E-state index contributed by atoms with van der Waals surface area (Å²) in [5.41, 5.74) is 0.245. The lowest BCUT2D eigenvalue weighted by Crippen LogP contribution is -2.31. The number of carboxylic acid groups (broad SMARTS) is 1. The van der Waals surface area contributed by atoms with Gasteiger partial charge in [-0.05, 0) is 19.3 Å². The maximum atomic E-state index is 11.0. The highest BCUT2D eigenvalue weighted by Crippen LogP contribution is 2.26. The molecule has 2 unspecified atom stereocenters. The van der Waals surface area contributed by atoms with E-state index in [4.69, 9.17) is 10.4 Å². The Bertz CT molecular complexity index is 483. The second kappa shape index (κ2) is 5.45. The van der Waals surface area contributed by atoms with E-state index in [1.807, 2.05) is 6.07 Å². The van der Waals surface area contributed by atoms with E-state index < -0.39 is 5.97 Å². The maximum Gasteiger partial charge on any atom is 0.306 e. The molecule has 2 rings (SSSR count). The molecule has 2 N–H and O–H groups in total. The van der Waals surface area contributed by atoms with Gasteiger partial charge in [0.2, 0.25) is 0 Å². The molecule has 2 atom stereocenters. The molecule has 1 aliphatic rings. The molecule has 0 radical (unpaired) electrons. The highest BCUT2D eigenvalue weighted by atomic mass is 16.4. The first-order chi connectivity index (χ1) is 8.70. The van der Waals surface area contributed by atoms with Crippen molar-refractivity contribution in [3.8, 4) is 6.07 Å². The Morgan fingerprint density at radius 3 is 2.94 bits per heavy atom. The number of nitrogens with one attached hydrogen (secondary N) is 1. The van der Waals surface area contributed by atoms with Crippen LogP contribution in [0.3, 0.4) is 0 Å². The molecule has 1 fully saturated rings. The van der Waals surface area contributed by atoms with Crippen LogP contribution in [0, 0.1) is 17.2 Å². The Kier molecular flexibility index (Phi) is 3.72. The molecular formula is C12H14N4O2. The van der Waals surface area contributed by atoms with Crippen molar-refractivity contribution in [3.63, 3.8) is 0 Å². The van der Waals surface area contributed by atoms with Crippen molar-refractivity contribution in [1.29, 1.82) is 5.26 Å². The first kappa shape index (κ1) is 12.3. The van der Waals surface area contributed by atoms with Gasteiger partial charge < -0.3 is 10.4 Å². The number of hydrogen-bond donors (Lipinski definition) is 2. The molecule has 0 aliphatic heterocycles. The summed E-state index contributed by atoms with van der Waals surface area (Å²) in [5, 5.41) is 21.0. The number of carbonyl (C=O) groups is 1. The lowest BCUT2D eigenvalue weighted by molar-refractivity contribution is -0.142. The molecule has 0 saturated heterocycles. The van der Waals surface area contributed by atoms with Gasteiger partial charge >= 0.3 is 5.97 Å². The van der Waals surface area contributed by atoms with Crippen LogP contribution in [0.5, 0.6) is 0 Å². The molecule has 6 nitrogen and oxygen atoms in total. The van der Waals surface area contributed by atoms with Gasteiger partial charge in [-0.2, -0.15) is 5.26 Å². The van der Waals surface area contributed by atoms with Gasteiger partial charge in [0.15, 0.2) is 11.5 Å². The number of aromatic nitrogens is 2. The first-order valence-corrected chi connectivity index (χ1v) is 5.91. The Morgan fingerprint density at radius 2 is 2.22 bits per heavy atom. The third-order valence-electron chi connectivity index (χ3n) is 3.17. The smallest absolute Gasteiger partial charge is 0.306 e. The van der Waals surface area contributed by atoms with Crippen molar-refractivity contribution in [2.24, 2.45) is 5.92 Å². The molecule has 0 bridgehead atoms. The fourth-order valence-corrected chi connectivity index (χ4v) is 2.26. The summed E-state index contributed by atoms with van der Waals surface area (Å²) in [5.74, 6) is -0.615. The number of nitrogens with zero attached hydrogens (tertiary/aromatic N) is 3. The molecule has 18 heavy (non-hydrogen) atoms. The number of rotatable bonds is 3. The van der Waals surface area contributed by atoms with E-state index in [9.17, 15) is 4.79 Å². The fourth-order valence-electron chi connectivity index (χ4n) is 2.26. The molecule has 1 aromatic rings. The molecule has 1 saturated carbocycles. The van der Waals surface area contributed by atoms with Crippen LogP contribution in [0.25, 0.3) is 0 Å². The van der Waals surface area contributed by atoms with Crippen LogP contribution >= 0.6 is 0 Å². The number of carboxylic acids is 1. The predicted molar refractivity (Wildman–Crippen MR) is 63.8 cm³/mol. The summed E-state index contributed by atoms with van der Waals surface area (Å²) in [6.45, 7) is 0. The third kappa shape index (κ3) is 2.74. The molecule has 6 heteroatoms. The van der Waals surface area contributed by atoms with Crippen LogP contribution in [0.4, 0.5) is 5.82 Å². The van der Waals surface area contributed by atoms with Crippen molar-refractivity contribution >= 4 is 11.8 Å². The monoisotopic (exact) mass is 246 g/mol. The molecule has 94 valence electrons. The minimum absolute atomic E-state index is 0.0450. The van der Waals surface area contributed by atoms with E-state index in [1.54, 1.807) is 0 Å². The Balaban J connectivity index is 2.05. The van der Waals surface area contributed by atoms with E-state index in [1.165, 1.54) is 12.4 Å². The summed E-state index contributed by atoms with van der Waals surface area (Å²) in [4.78, 5) is 19.0. The maximum absolute atomic E-state index is 11.0.